The van der Waals surface area contributed by atoms with Crippen molar-refractivity contribution in [2.45, 2.75) is 0 Å². The number of halogens is 1. The maximum atomic E-state index is 13.3. The van der Waals surface area contributed by atoms with Crippen molar-refractivity contribution < 1.29 is 9.50 Å². The molecule has 4 nitrogen and oxygen atoms in total. The molecule has 0 aliphatic heterocycles. The summed E-state index contributed by atoms with van der Waals surface area (Å²) in [6.45, 7) is 0. The molecule has 0 saturated carbocycles. The van der Waals surface area contributed by atoms with Gasteiger partial charge >= 0.3 is 0 Å². The summed E-state index contributed by atoms with van der Waals surface area (Å²) in [5.74, 6) is -0.137. The lowest BCUT2D eigenvalue weighted by atomic mass is 10.0. The highest BCUT2D eigenvalue weighted by atomic mass is 32.1. The fourth-order valence-electron chi connectivity index (χ4n) is 2.78. The maximum absolute atomic E-state index is 13.3. The van der Waals surface area contributed by atoms with E-state index in [1.165, 1.54) is 12.1 Å². The van der Waals surface area contributed by atoms with Crippen LogP contribution in [0.3, 0.4) is 0 Å². The molecular weight excluding hydrogens is 361 g/mol. The van der Waals surface area contributed by atoms with E-state index in [0.29, 0.717) is 5.71 Å². The van der Waals surface area contributed by atoms with E-state index in [9.17, 15) is 9.50 Å². The van der Waals surface area contributed by atoms with Crippen LogP contribution in [0.4, 0.5) is 4.39 Å². The first-order valence-electron chi connectivity index (χ1n) is 8.33. The number of aryl methyl sites for hydroxylation is 1. The van der Waals surface area contributed by atoms with Crippen LogP contribution in [0.1, 0.15) is 11.1 Å². The zero-order valence-corrected chi connectivity index (χ0v) is 15.3. The summed E-state index contributed by atoms with van der Waals surface area (Å²) in [5.41, 5.74) is 3.22. The molecule has 1 aromatic heterocycles. The first kappa shape index (κ1) is 17.2. The van der Waals surface area contributed by atoms with Gasteiger partial charge in [0.05, 0.1) is 10.2 Å². The highest BCUT2D eigenvalue weighted by Gasteiger charge is 2.08. The largest absolute Gasteiger partial charge is 0.508 e. The molecule has 0 fully saturated rings. The molecule has 6 heteroatoms. The number of thiazole rings is 1. The van der Waals surface area contributed by atoms with Crippen LogP contribution < -0.4 is 4.80 Å². The molecule has 27 heavy (non-hydrogen) atoms. The summed E-state index contributed by atoms with van der Waals surface area (Å²) >= 11 is 1.55. The van der Waals surface area contributed by atoms with Crippen molar-refractivity contribution in [1.82, 2.24) is 4.57 Å². The number of aromatic hydroxyl groups is 1. The van der Waals surface area contributed by atoms with Crippen molar-refractivity contribution in [1.29, 1.82) is 0 Å². The molecule has 4 aromatic rings. The number of rotatable bonds is 3. The molecular formula is C21H16FN3OS. The SMILES string of the molecule is Cn1c(=NN=C(c2ccc(O)cc2)c2ccc(F)cc2)sc2ccccc21. The molecule has 0 spiro atoms. The van der Waals surface area contributed by atoms with Crippen LogP contribution in [0.2, 0.25) is 0 Å². The molecule has 0 atom stereocenters. The molecule has 0 amide bonds. The number of hydrogen-bond donors (Lipinski definition) is 1. The summed E-state index contributed by atoms with van der Waals surface area (Å²) in [6, 6.07) is 20.9. The van der Waals surface area contributed by atoms with Gasteiger partial charge in [-0.15, -0.1) is 10.2 Å². The second kappa shape index (κ2) is 7.17. The third kappa shape index (κ3) is 3.52. The van der Waals surface area contributed by atoms with Crippen LogP contribution >= 0.6 is 11.3 Å². The Balaban J connectivity index is 1.87. The molecule has 1 N–H and O–H groups in total. The van der Waals surface area contributed by atoms with Gasteiger partial charge < -0.3 is 9.67 Å². The summed E-state index contributed by atoms with van der Waals surface area (Å²) in [7, 11) is 1.95. The average Bonchev–Trinajstić information content (AvgIpc) is 3.01. The first-order valence-corrected chi connectivity index (χ1v) is 9.15. The summed E-state index contributed by atoms with van der Waals surface area (Å²) in [4.78, 5) is 0.759. The highest BCUT2D eigenvalue weighted by Crippen LogP contribution is 2.17. The average molecular weight is 377 g/mol. The van der Waals surface area contributed by atoms with E-state index in [-0.39, 0.29) is 11.6 Å². The third-order valence-electron chi connectivity index (χ3n) is 4.21. The van der Waals surface area contributed by atoms with Crippen LogP contribution in [0.5, 0.6) is 5.75 Å². The van der Waals surface area contributed by atoms with E-state index < -0.39 is 0 Å². The van der Waals surface area contributed by atoms with Crippen LogP contribution in [0.25, 0.3) is 10.2 Å². The van der Waals surface area contributed by atoms with Gasteiger partial charge in [-0.05, 0) is 60.7 Å². The zero-order chi connectivity index (χ0) is 18.8. The van der Waals surface area contributed by atoms with E-state index in [2.05, 4.69) is 10.2 Å². The van der Waals surface area contributed by atoms with Crippen molar-refractivity contribution in [3.8, 4) is 5.75 Å². The fraction of sp³-hybridized carbons (Fsp3) is 0.0476. The molecule has 134 valence electrons. The lowest BCUT2D eigenvalue weighted by molar-refractivity contribution is 0.475. The Labute approximate surface area is 159 Å². The Morgan fingerprint density at radius 1 is 0.926 bits per heavy atom. The highest BCUT2D eigenvalue weighted by molar-refractivity contribution is 7.16. The molecule has 0 unspecified atom stereocenters. The molecule has 0 radical (unpaired) electrons. The van der Waals surface area contributed by atoms with Crippen LogP contribution in [0, 0.1) is 5.82 Å². The van der Waals surface area contributed by atoms with Gasteiger partial charge in [0, 0.05) is 18.2 Å². The molecule has 1 heterocycles. The third-order valence-corrected chi connectivity index (χ3v) is 5.31. The molecule has 4 rings (SSSR count). The lowest BCUT2D eigenvalue weighted by Gasteiger charge is -2.06. The normalized spacial score (nSPS) is 12.7. The molecule has 0 aliphatic rings. The summed E-state index contributed by atoms with van der Waals surface area (Å²) in [5, 5.41) is 18.5. The number of fused-ring (bicyclic) bond motifs is 1. The summed E-state index contributed by atoms with van der Waals surface area (Å²) < 4.78 is 16.4. The van der Waals surface area contributed by atoms with Crippen LogP contribution in [0.15, 0.2) is 83.0 Å². The number of aromatic nitrogens is 1. The van der Waals surface area contributed by atoms with Gasteiger partial charge in [0.25, 0.3) is 0 Å². The zero-order valence-electron chi connectivity index (χ0n) is 14.5. The smallest absolute Gasteiger partial charge is 0.211 e. The quantitative estimate of drug-likeness (QED) is 0.416. The lowest BCUT2D eigenvalue weighted by Crippen LogP contribution is -2.10. The van der Waals surface area contributed by atoms with Crippen molar-refractivity contribution in [3.05, 3.63) is 94.5 Å². The maximum Gasteiger partial charge on any atom is 0.211 e. The Bertz CT molecular complexity index is 1140. The minimum atomic E-state index is -0.309. The molecule has 3 aromatic carbocycles. The fourth-order valence-corrected chi connectivity index (χ4v) is 3.75. The van der Waals surface area contributed by atoms with Gasteiger partial charge in [0.2, 0.25) is 4.80 Å². The molecule has 0 aliphatic carbocycles. The van der Waals surface area contributed by atoms with Crippen molar-refractivity contribution >= 4 is 27.3 Å². The van der Waals surface area contributed by atoms with Gasteiger partial charge in [0.1, 0.15) is 17.3 Å². The minimum absolute atomic E-state index is 0.171. The van der Waals surface area contributed by atoms with Crippen LogP contribution in [-0.2, 0) is 7.05 Å². The van der Waals surface area contributed by atoms with Gasteiger partial charge in [-0.2, -0.15) is 0 Å². The van der Waals surface area contributed by atoms with Gasteiger partial charge in [0.15, 0.2) is 0 Å². The Hall–Kier alpha value is -3.25. The number of benzene rings is 3. The van der Waals surface area contributed by atoms with E-state index in [1.807, 2.05) is 35.9 Å². The van der Waals surface area contributed by atoms with E-state index in [4.69, 9.17) is 0 Å². The predicted octanol–water partition coefficient (Wildman–Crippen LogP) is 4.44. The van der Waals surface area contributed by atoms with Crippen molar-refractivity contribution in [2.75, 3.05) is 0 Å². The molecule has 0 saturated heterocycles. The Morgan fingerprint density at radius 3 is 2.22 bits per heavy atom. The minimum Gasteiger partial charge on any atom is -0.508 e. The number of nitrogens with zero attached hydrogens (tertiary/aromatic N) is 3. The number of phenolic OH excluding ortho intramolecular Hbond substituents is 1. The van der Waals surface area contributed by atoms with Crippen LogP contribution in [-0.4, -0.2) is 15.4 Å². The topological polar surface area (TPSA) is 49.9 Å². The monoisotopic (exact) mass is 377 g/mol. The van der Waals surface area contributed by atoms with E-state index >= 15 is 0 Å². The second-order valence-corrected chi connectivity index (χ2v) is 7.02. The number of para-hydroxylation sites is 1. The van der Waals surface area contributed by atoms with Gasteiger partial charge in [-0.3, -0.25) is 0 Å². The van der Waals surface area contributed by atoms with Crippen molar-refractivity contribution in [3.63, 3.8) is 0 Å². The van der Waals surface area contributed by atoms with E-state index in [0.717, 1.165) is 26.1 Å². The standard InChI is InChI=1S/C21H16FN3OS/c1-25-18-4-2-3-5-19(18)27-21(25)24-23-20(14-6-10-16(22)11-7-14)15-8-12-17(26)13-9-15/h2-13,26H,1H3. The Kier molecular flexibility index (Phi) is 4.56. The first-order chi connectivity index (χ1) is 13.1. The predicted molar refractivity (Wildman–Crippen MR) is 107 cm³/mol. The Morgan fingerprint density at radius 2 is 1.56 bits per heavy atom. The molecule has 0 bridgehead atoms. The number of phenols is 1. The summed E-state index contributed by atoms with van der Waals surface area (Å²) in [6.07, 6.45) is 0. The second-order valence-electron chi connectivity index (χ2n) is 6.01. The van der Waals surface area contributed by atoms with E-state index in [1.54, 1.807) is 47.7 Å². The van der Waals surface area contributed by atoms with Gasteiger partial charge in [-0.1, -0.05) is 23.5 Å². The van der Waals surface area contributed by atoms with Gasteiger partial charge in [-0.25, -0.2) is 4.39 Å². The number of hydrogen-bond acceptors (Lipinski definition) is 4. The van der Waals surface area contributed by atoms with Crippen molar-refractivity contribution in [2.24, 2.45) is 17.3 Å².